The van der Waals surface area contributed by atoms with Crippen molar-refractivity contribution in [2.45, 2.75) is 38.8 Å². The fourth-order valence-corrected chi connectivity index (χ4v) is 4.64. The zero-order valence-corrected chi connectivity index (χ0v) is 18.6. The van der Waals surface area contributed by atoms with Crippen molar-refractivity contribution in [3.63, 3.8) is 0 Å². The first-order chi connectivity index (χ1) is 15.3. The first-order valence-electron chi connectivity index (χ1n) is 10.9. The molecule has 1 fully saturated rings. The zero-order valence-electron chi connectivity index (χ0n) is 18.6. The van der Waals surface area contributed by atoms with Gasteiger partial charge in [0.25, 0.3) is 5.56 Å². The SMILES string of the molecule is CCc1c(-c2ccc3c(c2)cc(CN(C)C2CCOCC2)n3C)[nH]c(=O)c(C(=O)O)c1O. The maximum absolute atomic E-state index is 12.3. The van der Waals surface area contributed by atoms with Crippen LogP contribution in [-0.2, 0) is 24.8 Å². The minimum absolute atomic E-state index is 0.381. The molecule has 3 N–H and O–H groups in total. The average molecular weight is 440 g/mol. The van der Waals surface area contributed by atoms with E-state index in [2.05, 4.69) is 27.6 Å². The highest BCUT2D eigenvalue weighted by atomic mass is 16.5. The van der Waals surface area contributed by atoms with Gasteiger partial charge in [0, 0.05) is 55.0 Å². The molecule has 0 aliphatic carbocycles. The highest BCUT2D eigenvalue weighted by Gasteiger charge is 2.23. The minimum Gasteiger partial charge on any atom is -0.506 e. The van der Waals surface area contributed by atoms with E-state index in [1.807, 2.05) is 32.2 Å². The molecule has 32 heavy (non-hydrogen) atoms. The number of aromatic amines is 1. The summed E-state index contributed by atoms with van der Waals surface area (Å²) in [6, 6.07) is 8.49. The molecule has 1 aliphatic rings. The number of aryl methyl sites for hydroxylation is 1. The third-order valence-electron chi connectivity index (χ3n) is 6.51. The largest absolute Gasteiger partial charge is 0.506 e. The Morgan fingerprint density at radius 2 is 2.00 bits per heavy atom. The Balaban J connectivity index is 1.72. The molecule has 8 nitrogen and oxygen atoms in total. The van der Waals surface area contributed by atoms with Crippen LogP contribution in [0.1, 0.15) is 41.4 Å². The quantitative estimate of drug-likeness (QED) is 0.545. The van der Waals surface area contributed by atoms with Gasteiger partial charge in [-0.05, 0) is 50.1 Å². The summed E-state index contributed by atoms with van der Waals surface area (Å²) < 4.78 is 7.65. The first-order valence-corrected chi connectivity index (χ1v) is 10.9. The fourth-order valence-electron chi connectivity index (χ4n) is 4.64. The molecule has 0 atom stereocenters. The summed E-state index contributed by atoms with van der Waals surface area (Å²) in [4.78, 5) is 28.7. The van der Waals surface area contributed by atoms with Crippen LogP contribution in [0.15, 0.2) is 29.1 Å². The summed E-state index contributed by atoms with van der Waals surface area (Å²) in [7, 11) is 4.19. The summed E-state index contributed by atoms with van der Waals surface area (Å²) in [6.45, 7) is 4.24. The van der Waals surface area contributed by atoms with E-state index in [1.165, 1.54) is 5.69 Å². The van der Waals surface area contributed by atoms with Gasteiger partial charge >= 0.3 is 5.97 Å². The van der Waals surface area contributed by atoms with Crippen molar-refractivity contribution in [1.29, 1.82) is 0 Å². The Hall–Kier alpha value is -3.10. The molecule has 1 saturated heterocycles. The molecule has 0 radical (unpaired) electrons. The van der Waals surface area contributed by atoms with Crippen LogP contribution in [0.3, 0.4) is 0 Å². The van der Waals surface area contributed by atoms with Gasteiger partial charge in [0.1, 0.15) is 5.75 Å². The summed E-state index contributed by atoms with van der Waals surface area (Å²) in [5, 5.41) is 20.7. The highest BCUT2D eigenvalue weighted by Crippen LogP contribution is 2.32. The topological polar surface area (TPSA) is 108 Å². The van der Waals surface area contributed by atoms with Gasteiger partial charge in [0.05, 0.1) is 5.69 Å². The number of H-pyrrole nitrogens is 1. The molecule has 0 amide bonds. The van der Waals surface area contributed by atoms with Gasteiger partial charge in [-0.25, -0.2) is 4.79 Å². The summed E-state index contributed by atoms with van der Waals surface area (Å²) in [5.74, 6) is -1.91. The maximum atomic E-state index is 12.3. The molecule has 1 aromatic carbocycles. The second kappa shape index (κ2) is 8.80. The number of carboxylic acid groups (broad SMARTS) is 1. The molecule has 3 aromatic rings. The molecule has 0 spiro atoms. The van der Waals surface area contributed by atoms with Crippen LogP contribution in [0.2, 0.25) is 0 Å². The summed E-state index contributed by atoms with van der Waals surface area (Å²) >= 11 is 0. The van der Waals surface area contributed by atoms with Crippen molar-refractivity contribution in [2.75, 3.05) is 20.3 Å². The number of carbonyl (C=O) groups is 1. The number of aromatic nitrogens is 2. The van der Waals surface area contributed by atoms with Crippen LogP contribution in [0.4, 0.5) is 0 Å². The lowest BCUT2D eigenvalue weighted by atomic mass is 9.99. The Morgan fingerprint density at radius 1 is 1.28 bits per heavy atom. The van der Waals surface area contributed by atoms with E-state index in [1.54, 1.807) is 0 Å². The molecule has 170 valence electrons. The Kier molecular flexibility index (Phi) is 6.08. The first kappa shape index (κ1) is 22.1. The van der Waals surface area contributed by atoms with Crippen molar-refractivity contribution >= 4 is 16.9 Å². The number of nitrogens with zero attached hydrogens (tertiary/aromatic N) is 2. The van der Waals surface area contributed by atoms with E-state index in [0.29, 0.717) is 23.7 Å². The van der Waals surface area contributed by atoms with E-state index in [4.69, 9.17) is 4.74 Å². The molecular weight excluding hydrogens is 410 g/mol. The van der Waals surface area contributed by atoms with E-state index in [-0.39, 0.29) is 0 Å². The molecule has 8 heteroatoms. The van der Waals surface area contributed by atoms with E-state index in [0.717, 1.165) is 49.1 Å². The number of benzene rings is 1. The fraction of sp³-hybridized carbons (Fsp3) is 0.417. The lowest BCUT2D eigenvalue weighted by molar-refractivity contribution is 0.0401. The maximum Gasteiger partial charge on any atom is 0.345 e. The highest BCUT2D eigenvalue weighted by molar-refractivity contribution is 5.92. The van der Waals surface area contributed by atoms with Gasteiger partial charge in [0.15, 0.2) is 5.56 Å². The smallest absolute Gasteiger partial charge is 0.345 e. The van der Waals surface area contributed by atoms with Crippen LogP contribution in [0, 0.1) is 0 Å². The molecule has 1 aliphatic heterocycles. The van der Waals surface area contributed by atoms with Crippen LogP contribution in [-0.4, -0.2) is 56.9 Å². The number of carboxylic acids is 1. The van der Waals surface area contributed by atoms with Crippen LogP contribution >= 0.6 is 0 Å². The van der Waals surface area contributed by atoms with Gasteiger partial charge in [-0.1, -0.05) is 13.0 Å². The number of rotatable bonds is 6. The lowest BCUT2D eigenvalue weighted by Crippen LogP contribution is -2.36. The van der Waals surface area contributed by atoms with E-state index >= 15 is 0 Å². The monoisotopic (exact) mass is 439 g/mol. The van der Waals surface area contributed by atoms with E-state index in [9.17, 15) is 19.8 Å². The third-order valence-corrected chi connectivity index (χ3v) is 6.51. The molecule has 0 saturated carbocycles. The second-order valence-corrected chi connectivity index (χ2v) is 8.42. The molecule has 2 aromatic heterocycles. The standard InChI is InChI=1S/C24H29N3O5/c1-4-18-21(25-23(29)20(22(18)28)24(30)31)14-5-6-19-15(11-14)12-17(27(19)3)13-26(2)16-7-9-32-10-8-16/h5-6,11-12,16H,4,7-10,13H2,1-3H3,(H,30,31)(H2,25,28,29). The van der Waals surface area contributed by atoms with Crippen molar-refractivity contribution < 1.29 is 19.7 Å². The van der Waals surface area contributed by atoms with Crippen LogP contribution in [0.25, 0.3) is 22.2 Å². The van der Waals surface area contributed by atoms with Gasteiger partial charge in [-0.15, -0.1) is 0 Å². The molecule has 3 heterocycles. The Morgan fingerprint density at radius 3 is 2.66 bits per heavy atom. The minimum atomic E-state index is -1.44. The number of nitrogens with one attached hydrogen (secondary N) is 1. The van der Waals surface area contributed by atoms with Crippen LogP contribution < -0.4 is 5.56 Å². The van der Waals surface area contributed by atoms with Crippen molar-refractivity contribution in [2.24, 2.45) is 7.05 Å². The third kappa shape index (κ3) is 3.91. The predicted octanol–water partition coefficient (Wildman–Crippen LogP) is 3.11. The molecule has 4 rings (SSSR count). The second-order valence-electron chi connectivity index (χ2n) is 8.42. The number of ether oxygens (including phenoxy) is 1. The normalized spacial score (nSPS) is 15.0. The van der Waals surface area contributed by atoms with Crippen molar-refractivity contribution in [3.05, 3.63) is 51.4 Å². The Bertz CT molecular complexity index is 1220. The van der Waals surface area contributed by atoms with Gasteiger partial charge < -0.3 is 24.5 Å². The van der Waals surface area contributed by atoms with Gasteiger partial charge in [0.2, 0.25) is 0 Å². The predicted molar refractivity (Wildman–Crippen MR) is 122 cm³/mol. The van der Waals surface area contributed by atoms with E-state index < -0.39 is 22.8 Å². The van der Waals surface area contributed by atoms with Gasteiger partial charge in [-0.2, -0.15) is 0 Å². The number of fused-ring (bicyclic) bond motifs is 1. The summed E-state index contributed by atoms with van der Waals surface area (Å²) in [6.07, 6.45) is 2.45. The van der Waals surface area contributed by atoms with Crippen molar-refractivity contribution in [3.8, 4) is 17.0 Å². The van der Waals surface area contributed by atoms with Gasteiger partial charge in [-0.3, -0.25) is 9.69 Å². The summed E-state index contributed by atoms with van der Waals surface area (Å²) in [5.41, 5.74) is 2.41. The molecule has 0 unspecified atom stereocenters. The number of aromatic hydroxyl groups is 1. The lowest BCUT2D eigenvalue weighted by Gasteiger charge is -2.31. The number of aromatic carboxylic acids is 1. The molecule has 0 bridgehead atoms. The average Bonchev–Trinajstić information content (AvgIpc) is 3.08. The molecular formula is C24H29N3O5. The number of hydrogen-bond donors (Lipinski definition) is 3. The van der Waals surface area contributed by atoms with Crippen LogP contribution in [0.5, 0.6) is 5.75 Å². The van der Waals surface area contributed by atoms with Crippen molar-refractivity contribution in [1.82, 2.24) is 14.5 Å². The number of hydrogen-bond acceptors (Lipinski definition) is 5. The zero-order chi connectivity index (χ0) is 23.0. The Labute approximate surface area is 186 Å². The number of pyridine rings is 1.